The standard InChI is InChI=1S/C21H17BrClN3O2S/c1-12-2-4-13(5-3-12)15-9-19(27)26-21(16(15)10-24)29-11-20(28)25-18-7-6-14(22)8-17(18)23/h2-8,15-16H,9,11H2,1H3,(H,25,28)/t15-,16-/m0/s1. The van der Waals surface area contributed by atoms with Crippen molar-refractivity contribution in [1.82, 2.24) is 0 Å². The normalized spacial score (nSPS) is 18.7. The molecule has 0 saturated heterocycles. The topological polar surface area (TPSA) is 82.3 Å². The highest BCUT2D eigenvalue weighted by atomic mass is 79.9. The minimum absolute atomic E-state index is 0.0251. The second-order valence-electron chi connectivity index (χ2n) is 6.63. The van der Waals surface area contributed by atoms with Gasteiger partial charge in [0.15, 0.2) is 0 Å². The Morgan fingerprint density at radius 1 is 1.34 bits per heavy atom. The first-order chi connectivity index (χ1) is 13.9. The van der Waals surface area contributed by atoms with E-state index in [4.69, 9.17) is 11.6 Å². The lowest BCUT2D eigenvalue weighted by molar-refractivity contribution is -0.118. The second kappa shape index (κ2) is 9.57. The molecule has 8 heteroatoms. The first-order valence-electron chi connectivity index (χ1n) is 8.82. The van der Waals surface area contributed by atoms with Crippen molar-refractivity contribution in [1.29, 1.82) is 5.26 Å². The summed E-state index contributed by atoms with van der Waals surface area (Å²) >= 11 is 10.6. The largest absolute Gasteiger partial charge is 0.324 e. The summed E-state index contributed by atoms with van der Waals surface area (Å²) in [6, 6.07) is 15.2. The van der Waals surface area contributed by atoms with Gasteiger partial charge in [-0.15, -0.1) is 0 Å². The number of rotatable bonds is 4. The highest BCUT2D eigenvalue weighted by Crippen LogP contribution is 2.36. The van der Waals surface area contributed by atoms with E-state index in [2.05, 4.69) is 32.3 Å². The number of nitrogens with one attached hydrogen (secondary N) is 1. The molecule has 0 unspecified atom stereocenters. The molecule has 2 aromatic rings. The van der Waals surface area contributed by atoms with Crippen molar-refractivity contribution in [3.63, 3.8) is 0 Å². The lowest BCUT2D eigenvalue weighted by atomic mass is 9.83. The lowest BCUT2D eigenvalue weighted by Crippen LogP contribution is -2.28. The zero-order valence-corrected chi connectivity index (χ0v) is 18.6. The Hall–Kier alpha value is -2.14. The van der Waals surface area contributed by atoms with E-state index in [1.807, 2.05) is 31.2 Å². The smallest absolute Gasteiger partial charge is 0.247 e. The van der Waals surface area contributed by atoms with Crippen LogP contribution in [0.3, 0.4) is 0 Å². The fourth-order valence-corrected chi connectivity index (χ4v) is 4.66. The molecule has 1 aliphatic rings. The fourth-order valence-electron chi connectivity index (χ4n) is 3.02. The molecule has 1 aliphatic heterocycles. The quantitative estimate of drug-likeness (QED) is 0.627. The summed E-state index contributed by atoms with van der Waals surface area (Å²) in [6.45, 7) is 1.98. The molecule has 148 valence electrons. The highest BCUT2D eigenvalue weighted by Gasteiger charge is 2.34. The number of carbonyl (C=O) groups excluding carboxylic acids is 2. The average molecular weight is 491 g/mol. The van der Waals surface area contributed by atoms with Gasteiger partial charge in [0.1, 0.15) is 5.92 Å². The maximum Gasteiger partial charge on any atom is 0.247 e. The van der Waals surface area contributed by atoms with Crippen LogP contribution in [0.5, 0.6) is 0 Å². The van der Waals surface area contributed by atoms with Crippen LogP contribution in [0.4, 0.5) is 5.69 Å². The van der Waals surface area contributed by atoms with E-state index < -0.39 is 5.92 Å². The summed E-state index contributed by atoms with van der Waals surface area (Å²) in [5.41, 5.74) is 2.53. The van der Waals surface area contributed by atoms with Crippen LogP contribution >= 0.6 is 39.3 Å². The lowest BCUT2D eigenvalue weighted by Gasteiger charge is -2.26. The van der Waals surface area contributed by atoms with Gasteiger partial charge in [-0.3, -0.25) is 9.59 Å². The molecule has 0 saturated carbocycles. The molecule has 3 rings (SSSR count). The Kier molecular flexibility index (Phi) is 7.12. The molecule has 0 spiro atoms. The molecule has 0 bridgehead atoms. The number of hydrogen-bond donors (Lipinski definition) is 1. The number of benzene rings is 2. The maximum absolute atomic E-state index is 12.3. The third-order valence-electron chi connectivity index (χ3n) is 4.50. The summed E-state index contributed by atoms with van der Waals surface area (Å²) in [5, 5.41) is 13.2. The van der Waals surface area contributed by atoms with Crippen molar-refractivity contribution in [3.8, 4) is 6.07 Å². The number of aryl methyl sites for hydroxylation is 1. The number of amides is 2. The van der Waals surface area contributed by atoms with Crippen LogP contribution in [0.2, 0.25) is 5.02 Å². The highest BCUT2D eigenvalue weighted by molar-refractivity contribution is 9.10. The van der Waals surface area contributed by atoms with Gasteiger partial charge in [0.25, 0.3) is 0 Å². The van der Waals surface area contributed by atoms with Crippen molar-refractivity contribution in [2.24, 2.45) is 10.9 Å². The van der Waals surface area contributed by atoms with Gasteiger partial charge in [0, 0.05) is 16.8 Å². The van der Waals surface area contributed by atoms with Gasteiger partial charge in [-0.2, -0.15) is 5.26 Å². The molecule has 1 heterocycles. The molecule has 29 heavy (non-hydrogen) atoms. The monoisotopic (exact) mass is 489 g/mol. The zero-order chi connectivity index (χ0) is 21.0. The number of nitriles is 1. The first kappa shape index (κ1) is 21.6. The summed E-state index contributed by atoms with van der Waals surface area (Å²) in [5.74, 6) is -1.37. The van der Waals surface area contributed by atoms with Crippen molar-refractivity contribution in [2.75, 3.05) is 11.1 Å². The number of halogens is 2. The summed E-state index contributed by atoms with van der Waals surface area (Å²) < 4.78 is 0.809. The third kappa shape index (κ3) is 5.47. The van der Waals surface area contributed by atoms with E-state index in [0.29, 0.717) is 15.8 Å². The number of nitrogens with zero attached hydrogens (tertiary/aromatic N) is 2. The number of anilines is 1. The van der Waals surface area contributed by atoms with Crippen molar-refractivity contribution < 1.29 is 9.59 Å². The minimum atomic E-state index is -0.565. The Morgan fingerprint density at radius 3 is 2.72 bits per heavy atom. The van der Waals surface area contributed by atoms with Crippen LogP contribution in [0.1, 0.15) is 23.5 Å². The fraction of sp³-hybridized carbons (Fsp3) is 0.238. The molecule has 0 fully saturated rings. The van der Waals surface area contributed by atoms with E-state index in [1.54, 1.807) is 18.2 Å². The molecule has 0 aromatic heterocycles. The van der Waals surface area contributed by atoms with Gasteiger partial charge in [-0.25, -0.2) is 4.99 Å². The Labute approximate surface area is 186 Å². The third-order valence-corrected chi connectivity index (χ3v) is 6.35. The van der Waals surface area contributed by atoms with E-state index in [-0.39, 0.29) is 29.9 Å². The number of aliphatic imine (C=N–C) groups is 1. The van der Waals surface area contributed by atoms with Gasteiger partial charge >= 0.3 is 0 Å². The SMILES string of the molecule is Cc1ccc([C@@H]2CC(=O)N=C(SCC(=O)Nc3ccc(Br)cc3Cl)[C@H]2C#N)cc1. The van der Waals surface area contributed by atoms with Crippen molar-refractivity contribution in [2.45, 2.75) is 19.3 Å². The molecule has 2 atom stereocenters. The number of hydrogen-bond acceptors (Lipinski definition) is 4. The Morgan fingerprint density at radius 2 is 2.07 bits per heavy atom. The maximum atomic E-state index is 12.3. The molecule has 5 nitrogen and oxygen atoms in total. The van der Waals surface area contributed by atoms with Crippen LogP contribution in [0.15, 0.2) is 51.9 Å². The Bertz CT molecular complexity index is 1020. The molecule has 0 radical (unpaired) electrons. The van der Waals surface area contributed by atoms with Gasteiger partial charge < -0.3 is 5.32 Å². The molecule has 1 N–H and O–H groups in total. The molecule has 2 amide bonds. The van der Waals surface area contributed by atoms with Gasteiger partial charge in [0.05, 0.1) is 27.6 Å². The minimum Gasteiger partial charge on any atom is -0.324 e. The molecular weight excluding hydrogens is 474 g/mol. The summed E-state index contributed by atoms with van der Waals surface area (Å²) in [6.07, 6.45) is 0.187. The van der Waals surface area contributed by atoms with E-state index in [9.17, 15) is 14.9 Å². The van der Waals surface area contributed by atoms with Crippen LogP contribution in [0, 0.1) is 24.2 Å². The van der Waals surface area contributed by atoms with Crippen molar-refractivity contribution in [3.05, 3.63) is 63.1 Å². The second-order valence-corrected chi connectivity index (χ2v) is 8.95. The van der Waals surface area contributed by atoms with Gasteiger partial charge in [-0.05, 0) is 30.7 Å². The first-order valence-corrected chi connectivity index (χ1v) is 11.0. The zero-order valence-electron chi connectivity index (χ0n) is 15.5. The average Bonchev–Trinajstić information content (AvgIpc) is 2.68. The predicted molar refractivity (Wildman–Crippen MR) is 120 cm³/mol. The summed E-state index contributed by atoms with van der Waals surface area (Å²) in [7, 11) is 0. The van der Waals surface area contributed by atoms with E-state index in [1.165, 1.54) is 0 Å². The van der Waals surface area contributed by atoms with Crippen LogP contribution < -0.4 is 5.32 Å². The van der Waals surface area contributed by atoms with Gasteiger partial charge in [0.2, 0.25) is 11.8 Å². The van der Waals surface area contributed by atoms with E-state index >= 15 is 0 Å². The van der Waals surface area contributed by atoms with Crippen LogP contribution in [-0.2, 0) is 9.59 Å². The van der Waals surface area contributed by atoms with Crippen LogP contribution in [-0.4, -0.2) is 22.6 Å². The molecule has 0 aliphatic carbocycles. The van der Waals surface area contributed by atoms with E-state index in [0.717, 1.165) is 27.4 Å². The Balaban J connectivity index is 1.70. The summed E-state index contributed by atoms with van der Waals surface area (Å²) in [4.78, 5) is 28.5. The predicted octanol–water partition coefficient (Wildman–Crippen LogP) is 5.34. The molecule has 2 aromatic carbocycles. The van der Waals surface area contributed by atoms with Gasteiger partial charge in [-0.1, -0.05) is 69.1 Å². The number of thioether (sulfide) groups is 1. The van der Waals surface area contributed by atoms with Crippen molar-refractivity contribution >= 4 is 61.8 Å². The van der Waals surface area contributed by atoms with Crippen LogP contribution in [0.25, 0.3) is 0 Å². The number of carbonyl (C=O) groups is 2. The molecular formula is C21H17BrClN3O2S.